The molecule has 0 aliphatic carbocycles. The van der Waals surface area contributed by atoms with Gasteiger partial charge in [0.15, 0.2) is 5.65 Å². The Balaban J connectivity index is 1.91. The average molecular weight is 363 g/mol. The van der Waals surface area contributed by atoms with Gasteiger partial charge in [0.25, 0.3) is 0 Å². The molecule has 0 atom stereocenters. The number of hydrogen-bond donors (Lipinski definition) is 1. The molecule has 26 heavy (non-hydrogen) atoms. The summed E-state index contributed by atoms with van der Waals surface area (Å²) in [5.74, 6) is 0.875. The van der Waals surface area contributed by atoms with Crippen LogP contribution in [0.15, 0.2) is 54.6 Å². The first-order chi connectivity index (χ1) is 12.5. The van der Waals surface area contributed by atoms with Gasteiger partial charge < -0.3 is 5.32 Å². The van der Waals surface area contributed by atoms with Crippen LogP contribution in [-0.4, -0.2) is 14.6 Å². The SMILES string of the molecule is Cc1cccc(Nc2cc(C)nc3c(-c4ccccc4Cl)c(C)nn23)c1. The number of nitrogens with one attached hydrogen (secondary N) is 1. The van der Waals surface area contributed by atoms with Crippen molar-refractivity contribution in [3.63, 3.8) is 0 Å². The Morgan fingerprint density at radius 1 is 0.962 bits per heavy atom. The normalized spacial score (nSPS) is 11.1. The number of hydrogen-bond acceptors (Lipinski definition) is 3. The summed E-state index contributed by atoms with van der Waals surface area (Å²) in [5.41, 5.74) is 6.73. The monoisotopic (exact) mass is 362 g/mol. The van der Waals surface area contributed by atoms with E-state index >= 15 is 0 Å². The number of anilines is 2. The lowest BCUT2D eigenvalue weighted by molar-refractivity contribution is 0.917. The molecule has 4 nitrogen and oxygen atoms in total. The van der Waals surface area contributed by atoms with Gasteiger partial charge in [-0.25, -0.2) is 4.98 Å². The highest BCUT2D eigenvalue weighted by Crippen LogP contribution is 2.34. The van der Waals surface area contributed by atoms with Crippen molar-refractivity contribution in [2.24, 2.45) is 0 Å². The van der Waals surface area contributed by atoms with Crippen LogP contribution in [0, 0.1) is 20.8 Å². The minimum Gasteiger partial charge on any atom is -0.340 e. The van der Waals surface area contributed by atoms with Crippen molar-refractivity contribution in [2.75, 3.05) is 5.32 Å². The first-order valence-corrected chi connectivity index (χ1v) is 8.86. The van der Waals surface area contributed by atoms with Gasteiger partial charge in [0, 0.05) is 28.0 Å². The summed E-state index contributed by atoms with van der Waals surface area (Å²) in [6.07, 6.45) is 0. The molecule has 0 unspecified atom stereocenters. The second kappa shape index (κ2) is 6.46. The molecule has 1 N–H and O–H groups in total. The molecule has 5 heteroatoms. The van der Waals surface area contributed by atoms with Crippen molar-refractivity contribution < 1.29 is 0 Å². The molecule has 0 bridgehead atoms. The molecule has 130 valence electrons. The Kier molecular flexibility index (Phi) is 4.13. The van der Waals surface area contributed by atoms with Gasteiger partial charge in [0.1, 0.15) is 5.82 Å². The van der Waals surface area contributed by atoms with E-state index in [4.69, 9.17) is 21.7 Å². The van der Waals surface area contributed by atoms with Gasteiger partial charge in [-0.05, 0) is 44.5 Å². The van der Waals surface area contributed by atoms with Gasteiger partial charge in [-0.15, -0.1) is 0 Å². The van der Waals surface area contributed by atoms with Gasteiger partial charge in [-0.3, -0.25) is 0 Å². The molecule has 0 saturated carbocycles. The van der Waals surface area contributed by atoms with E-state index in [1.54, 1.807) is 0 Å². The zero-order valence-electron chi connectivity index (χ0n) is 14.9. The summed E-state index contributed by atoms with van der Waals surface area (Å²) in [7, 11) is 0. The second-order valence-electron chi connectivity index (χ2n) is 6.45. The van der Waals surface area contributed by atoms with Crippen molar-refractivity contribution in [2.45, 2.75) is 20.8 Å². The van der Waals surface area contributed by atoms with E-state index in [0.29, 0.717) is 5.02 Å². The van der Waals surface area contributed by atoms with E-state index in [-0.39, 0.29) is 0 Å². The Morgan fingerprint density at radius 3 is 2.54 bits per heavy atom. The first-order valence-electron chi connectivity index (χ1n) is 8.48. The fourth-order valence-corrected chi connectivity index (χ4v) is 3.41. The van der Waals surface area contributed by atoms with E-state index in [0.717, 1.165) is 39.7 Å². The van der Waals surface area contributed by atoms with Crippen LogP contribution in [0.5, 0.6) is 0 Å². The topological polar surface area (TPSA) is 42.2 Å². The fraction of sp³-hybridized carbons (Fsp3) is 0.143. The molecule has 0 aliphatic heterocycles. The highest BCUT2D eigenvalue weighted by Gasteiger charge is 2.17. The number of fused-ring (bicyclic) bond motifs is 1. The molecule has 0 saturated heterocycles. The smallest absolute Gasteiger partial charge is 0.165 e. The predicted molar refractivity (Wildman–Crippen MR) is 107 cm³/mol. The van der Waals surface area contributed by atoms with Crippen molar-refractivity contribution in [3.05, 3.63) is 76.6 Å². The van der Waals surface area contributed by atoms with E-state index in [1.807, 2.05) is 60.8 Å². The molecular formula is C21H19ClN4. The average Bonchev–Trinajstić information content (AvgIpc) is 2.92. The number of nitrogens with zero attached hydrogens (tertiary/aromatic N) is 3. The molecular weight excluding hydrogens is 344 g/mol. The second-order valence-corrected chi connectivity index (χ2v) is 6.86. The zero-order valence-corrected chi connectivity index (χ0v) is 15.7. The highest BCUT2D eigenvalue weighted by molar-refractivity contribution is 6.33. The van der Waals surface area contributed by atoms with Gasteiger partial charge in [0.2, 0.25) is 0 Å². The standard InChI is InChI=1S/C21H19ClN4/c1-13-7-6-8-16(11-13)24-19-12-14(2)23-21-20(15(3)25-26(19)21)17-9-4-5-10-18(17)22/h4-12,24H,1-3H3. The van der Waals surface area contributed by atoms with E-state index in [2.05, 4.69) is 24.4 Å². The third kappa shape index (κ3) is 2.93. The Morgan fingerprint density at radius 2 is 1.77 bits per heavy atom. The summed E-state index contributed by atoms with van der Waals surface area (Å²) in [6.45, 7) is 6.05. The lowest BCUT2D eigenvalue weighted by Crippen LogP contribution is -2.02. The maximum absolute atomic E-state index is 6.43. The number of aromatic nitrogens is 3. The zero-order chi connectivity index (χ0) is 18.3. The van der Waals surface area contributed by atoms with Crippen LogP contribution < -0.4 is 5.32 Å². The Bertz CT molecular complexity index is 1110. The van der Waals surface area contributed by atoms with Crippen LogP contribution in [0.1, 0.15) is 17.0 Å². The lowest BCUT2D eigenvalue weighted by Gasteiger charge is -2.10. The highest BCUT2D eigenvalue weighted by atomic mass is 35.5. The maximum Gasteiger partial charge on any atom is 0.165 e. The number of benzene rings is 2. The molecule has 4 aromatic rings. The van der Waals surface area contributed by atoms with Crippen LogP contribution in [-0.2, 0) is 0 Å². The molecule has 0 aliphatic rings. The van der Waals surface area contributed by atoms with Crippen LogP contribution in [0.2, 0.25) is 5.02 Å². The van der Waals surface area contributed by atoms with Crippen molar-refractivity contribution in [1.82, 2.24) is 14.6 Å². The van der Waals surface area contributed by atoms with Crippen LogP contribution in [0.25, 0.3) is 16.8 Å². The quantitative estimate of drug-likeness (QED) is 0.507. The molecule has 0 spiro atoms. The Labute approximate surface area is 157 Å². The fourth-order valence-electron chi connectivity index (χ4n) is 3.18. The first kappa shape index (κ1) is 16.6. The molecule has 2 heterocycles. The number of halogens is 1. The minimum absolute atomic E-state index is 0.696. The van der Waals surface area contributed by atoms with Crippen LogP contribution >= 0.6 is 11.6 Å². The number of rotatable bonds is 3. The third-order valence-electron chi connectivity index (χ3n) is 4.33. The molecule has 4 rings (SSSR count). The molecule has 2 aromatic carbocycles. The summed E-state index contributed by atoms with van der Waals surface area (Å²) in [5, 5.41) is 8.88. The van der Waals surface area contributed by atoms with Gasteiger partial charge >= 0.3 is 0 Å². The largest absolute Gasteiger partial charge is 0.340 e. The molecule has 0 fully saturated rings. The minimum atomic E-state index is 0.696. The third-order valence-corrected chi connectivity index (χ3v) is 4.66. The summed E-state index contributed by atoms with van der Waals surface area (Å²) >= 11 is 6.43. The molecule has 0 amide bonds. The maximum atomic E-state index is 6.43. The van der Waals surface area contributed by atoms with Crippen LogP contribution in [0.4, 0.5) is 11.5 Å². The van der Waals surface area contributed by atoms with Crippen molar-refractivity contribution in [1.29, 1.82) is 0 Å². The van der Waals surface area contributed by atoms with Gasteiger partial charge in [0.05, 0.1) is 11.3 Å². The van der Waals surface area contributed by atoms with Gasteiger partial charge in [-0.1, -0.05) is 41.9 Å². The molecule has 2 aromatic heterocycles. The van der Waals surface area contributed by atoms with E-state index in [1.165, 1.54) is 5.56 Å². The van der Waals surface area contributed by atoms with Crippen molar-refractivity contribution in [3.8, 4) is 11.1 Å². The Hall–Kier alpha value is -2.85. The molecule has 0 radical (unpaired) electrons. The van der Waals surface area contributed by atoms with Crippen molar-refractivity contribution >= 4 is 28.8 Å². The van der Waals surface area contributed by atoms with E-state index < -0.39 is 0 Å². The van der Waals surface area contributed by atoms with E-state index in [9.17, 15) is 0 Å². The van der Waals surface area contributed by atoms with Crippen LogP contribution in [0.3, 0.4) is 0 Å². The number of aryl methyl sites for hydroxylation is 3. The van der Waals surface area contributed by atoms with Gasteiger partial charge in [-0.2, -0.15) is 9.61 Å². The summed E-state index contributed by atoms with van der Waals surface area (Å²) in [6, 6.07) is 18.1. The summed E-state index contributed by atoms with van der Waals surface area (Å²) in [4.78, 5) is 4.74. The predicted octanol–water partition coefficient (Wildman–Crippen LogP) is 5.72. The lowest BCUT2D eigenvalue weighted by atomic mass is 10.1. The summed E-state index contributed by atoms with van der Waals surface area (Å²) < 4.78 is 1.85.